The van der Waals surface area contributed by atoms with Crippen LogP contribution in [-0.4, -0.2) is 50.8 Å². The molecule has 1 heterocycles. The van der Waals surface area contributed by atoms with Gasteiger partial charge < -0.3 is 15.0 Å². The van der Waals surface area contributed by atoms with E-state index < -0.39 is 0 Å². The summed E-state index contributed by atoms with van der Waals surface area (Å²) in [6, 6.07) is 0. The quantitative estimate of drug-likeness (QED) is 0.718. The van der Waals surface area contributed by atoms with Crippen molar-refractivity contribution < 1.29 is 4.74 Å². The summed E-state index contributed by atoms with van der Waals surface area (Å²) < 4.78 is 5.94. The molecule has 0 radical (unpaired) electrons. The standard InChI is InChI=1S/C16H32N2O/c1-18-11-5-7-15(14-18)13-17-10-6-12-19-16-8-3-2-4-9-16/h15-17H,2-14H2,1H3. The maximum Gasteiger partial charge on any atom is 0.0575 e. The van der Waals surface area contributed by atoms with Crippen LogP contribution in [0.15, 0.2) is 0 Å². The smallest absolute Gasteiger partial charge is 0.0575 e. The van der Waals surface area contributed by atoms with Crippen LogP contribution in [0.25, 0.3) is 0 Å². The Balaban J connectivity index is 1.41. The van der Waals surface area contributed by atoms with E-state index in [4.69, 9.17) is 4.74 Å². The van der Waals surface area contributed by atoms with Crippen molar-refractivity contribution in [3.63, 3.8) is 0 Å². The summed E-state index contributed by atoms with van der Waals surface area (Å²) in [5.74, 6) is 0.859. The Labute approximate surface area is 119 Å². The van der Waals surface area contributed by atoms with Gasteiger partial charge in [0, 0.05) is 13.2 Å². The molecular formula is C16H32N2O. The Kier molecular flexibility index (Phi) is 7.18. The second kappa shape index (κ2) is 8.93. The molecule has 2 fully saturated rings. The van der Waals surface area contributed by atoms with E-state index in [-0.39, 0.29) is 0 Å². The van der Waals surface area contributed by atoms with Gasteiger partial charge in [0.15, 0.2) is 0 Å². The van der Waals surface area contributed by atoms with Crippen LogP contribution in [0.3, 0.4) is 0 Å². The predicted octanol–water partition coefficient (Wildman–Crippen LogP) is 2.66. The fourth-order valence-electron chi connectivity index (χ4n) is 3.42. The van der Waals surface area contributed by atoms with E-state index in [2.05, 4.69) is 17.3 Å². The third-order valence-electron chi connectivity index (χ3n) is 4.56. The molecular weight excluding hydrogens is 236 g/mol. The molecule has 1 saturated carbocycles. The second-order valence-corrected chi connectivity index (χ2v) is 6.46. The van der Waals surface area contributed by atoms with E-state index >= 15 is 0 Å². The van der Waals surface area contributed by atoms with E-state index in [9.17, 15) is 0 Å². The summed E-state index contributed by atoms with van der Waals surface area (Å²) in [5, 5.41) is 3.61. The van der Waals surface area contributed by atoms with Gasteiger partial charge in [-0.3, -0.25) is 0 Å². The summed E-state index contributed by atoms with van der Waals surface area (Å²) in [6.07, 6.45) is 11.3. The minimum atomic E-state index is 0.570. The maximum atomic E-state index is 5.94. The molecule has 0 aromatic heterocycles. The highest BCUT2D eigenvalue weighted by molar-refractivity contribution is 4.72. The molecule has 0 aromatic carbocycles. The average Bonchev–Trinajstić information content (AvgIpc) is 2.44. The van der Waals surface area contributed by atoms with E-state index in [1.54, 1.807) is 0 Å². The van der Waals surface area contributed by atoms with Crippen molar-refractivity contribution in [2.45, 2.75) is 57.5 Å². The molecule has 19 heavy (non-hydrogen) atoms. The molecule has 3 nitrogen and oxygen atoms in total. The van der Waals surface area contributed by atoms with Gasteiger partial charge in [0.2, 0.25) is 0 Å². The number of rotatable bonds is 7. The topological polar surface area (TPSA) is 24.5 Å². The molecule has 2 rings (SSSR count). The molecule has 1 unspecified atom stereocenters. The van der Waals surface area contributed by atoms with Crippen LogP contribution in [0.2, 0.25) is 0 Å². The fraction of sp³-hybridized carbons (Fsp3) is 1.00. The third kappa shape index (κ3) is 6.24. The lowest BCUT2D eigenvalue weighted by molar-refractivity contribution is 0.0272. The minimum absolute atomic E-state index is 0.570. The molecule has 0 aromatic rings. The lowest BCUT2D eigenvalue weighted by Gasteiger charge is -2.29. The first-order valence-corrected chi connectivity index (χ1v) is 8.35. The van der Waals surface area contributed by atoms with Crippen molar-refractivity contribution in [3.05, 3.63) is 0 Å². The Bertz CT molecular complexity index is 229. The van der Waals surface area contributed by atoms with E-state index in [1.165, 1.54) is 71.0 Å². The van der Waals surface area contributed by atoms with Crippen LogP contribution < -0.4 is 5.32 Å². The molecule has 1 aliphatic carbocycles. The van der Waals surface area contributed by atoms with Crippen LogP contribution in [0.5, 0.6) is 0 Å². The SMILES string of the molecule is CN1CCCC(CNCCCOC2CCCCC2)C1. The van der Waals surface area contributed by atoms with E-state index in [0.29, 0.717) is 6.10 Å². The normalized spacial score (nSPS) is 26.7. The zero-order valence-electron chi connectivity index (χ0n) is 12.7. The number of ether oxygens (including phenoxy) is 1. The van der Waals surface area contributed by atoms with Crippen molar-refractivity contribution in [2.75, 3.05) is 39.8 Å². The monoisotopic (exact) mass is 268 g/mol. The average molecular weight is 268 g/mol. The zero-order valence-corrected chi connectivity index (χ0v) is 12.7. The molecule has 112 valence electrons. The fourth-order valence-corrected chi connectivity index (χ4v) is 3.42. The summed E-state index contributed by atoms with van der Waals surface area (Å²) in [4.78, 5) is 2.46. The molecule has 1 aliphatic heterocycles. The number of piperidine rings is 1. The summed E-state index contributed by atoms with van der Waals surface area (Å²) in [7, 11) is 2.24. The highest BCUT2D eigenvalue weighted by atomic mass is 16.5. The highest BCUT2D eigenvalue weighted by Crippen LogP contribution is 2.20. The molecule has 3 heteroatoms. The first-order valence-electron chi connectivity index (χ1n) is 8.35. The highest BCUT2D eigenvalue weighted by Gasteiger charge is 2.16. The first kappa shape index (κ1) is 15.3. The summed E-state index contributed by atoms with van der Waals surface area (Å²) in [5.41, 5.74) is 0. The van der Waals surface area contributed by atoms with Crippen LogP contribution in [0, 0.1) is 5.92 Å². The molecule has 1 N–H and O–H groups in total. The van der Waals surface area contributed by atoms with Gasteiger partial charge in [-0.05, 0) is 64.7 Å². The Morgan fingerprint density at radius 3 is 2.74 bits per heavy atom. The van der Waals surface area contributed by atoms with Gasteiger partial charge in [-0.15, -0.1) is 0 Å². The van der Waals surface area contributed by atoms with Crippen molar-refractivity contribution in [3.8, 4) is 0 Å². The number of nitrogens with one attached hydrogen (secondary N) is 1. The zero-order chi connectivity index (χ0) is 13.3. The molecule has 0 spiro atoms. The van der Waals surface area contributed by atoms with Gasteiger partial charge in [-0.1, -0.05) is 19.3 Å². The van der Waals surface area contributed by atoms with Crippen LogP contribution >= 0.6 is 0 Å². The van der Waals surface area contributed by atoms with Gasteiger partial charge in [-0.25, -0.2) is 0 Å². The summed E-state index contributed by atoms with van der Waals surface area (Å²) >= 11 is 0. The van der Waals surface area contributed by atoms with Gasteiger partial charge in [0.05, 0.1) is 6.10 Å². The van der Waals surface area contributed by atoms with Gasteiger partial charge >= 0.3 is 0 Å². The molecule has 1 atom stereocenters. The van der Waals surface area contributed by atoms with Crippen molar-refractivity contribution in [2.24, 2.45) is 5.92 Å². The van der Waals surface area contributed by atoms with E-state index in [1.807, 2.05) is 0 Å². The number of likely N-dealkylation sites (tertiary alicyclic amines) is 1. The van der Waals surface area contributed by atoms with Crippen molar-refractivity contribution >= 4 is 0 Å². The predicted molar refractivity (Wildman–Crippen MR) is 80.5 cm³/mol. The van der Waals surface area contributed by atoms with Gasteiger partial charge in [-0.2, -0.15) is 0 Å². The number of nitrogens with zero attached hydrogens (tertiary/aromatic N) is 1. The number of hydrogen-bond acceptors (Lipinski definition) is 3. The van der Waals surface area contributed by atoms with Gasteiger partial charge in [0.1, 0.15) is 0 Å². The molecule has 2 aliphatic rings. The Morgan fingerprint density at radius 1 is 1.11 bits per heavy atom. The third-order valence-corrected chi connectivity index (χ3v) is 4.56. The Hall–Kier alpha value is -0.120. The van der Waals surface area contributed by atoms with Crippen LogP contribution in [0.1, 0.15) is 51.4 Å². The van der Waals surface area contributed by atoms with Gasteiger partial charge in [0.25, 0.3) is 0 Å². The van der Waals surface area contributed by atoms with Crippen molar-refractivity contribution in [1.82, 2.24) is 10.2 Å². The lowest BCUT2D eigenvalue weighted by atomic mass is 9.98. The van der Waals surface area contributed by atoms with E-state index in [0.717, 1.165) is 19.1 Å². The number of hydrogen-bond donors (Lipinski definition) is 1. The largest absolute Gasteiger partial charge is 0.378 e. The first-order chi connectivity index (χ1) is 9.34. The summed E-state index contributed by atoms with van der Waals surface area (Å²) in [6.45, 7) is 5.81. The molecule has 1 saturated heterocycles. The molecule has 0 bridgehead atoms. The Morgan fingerprint density at radius 2 is 1.95 bits per heavy atom. The second-order valence-electron chi connectivity index (χ2n) is 6.46. The lowest BCUT2D eigenvalue weighted by Crippen LogP contribution is -2.37. The van der Waals surface area contributed by atoms with Crippen molar-refractivity contribution in [1.29, 1.82) is 0 Å². The minimum Gasteiger partial charge on any atom is -0.378 e. The molecule has 0 amide bonds. The maximum absolute atomic E-state index is 5.94. The van der Waals surface area contributed by atoms with Crippen LogP contribution in [0.4, 0.5) is 0 Å². The van der Waals surface area contributed by atoms with Crippen LogP contribution in [-0.2, 0) is 4.74 Å².